The Morgan fingerprint density at radius 3 is 2.67 bits per heavy atom. The SMILES string of the molecule is CC(C)(C)C12CCC(O1)c1cc(N)c(N)c(F)c12. The van der Waals surface area contributed by atoms with Gasteiger partial charge in [-0.1, -0.05) is 20.8 Å². The molecular formula is C14H19FN2O. The van der Waals surface area contributed by atoms with Crippen LogP contribution in [0.15, 0.2) is 6.07 Å². The molecule has 2 atom stereocenters. The molecule has 0 aromatic heterocycles. The minimum atomic E-state index is -0.557. The van der Waals surface area contributed by atoms with E-state index < -0.39 is 5.60 Å². The van der Waals surface area contributed by atoms with Gasteiger partial charge in [0.15, 0.2) is 5.82 Å². The molecule has 1 aromatic rings. The lowest BCUT2D eigenvalue weighted by molar-refractivity contribution is -0.0966. The molecule has 3 rings (SSSR count). The molecule has 2 bridgehead atoms. The van der Waals surface area contributed by atoms with Crippen molar-refractivity contribution in [1.82, 2.24) is 0 Å². The van der Waals surface area contributed by atoms with Gasteiger partial charge in [-0.3, -0.25) is 0 Å². The molecule has 1 saturated heterocycles. The standard InChI is InChI=1S/C14H19FN2O/c1-13(2,3)14-5-4-9(18-14)7-6-8(16)12(17)11(15)10(7)14/h6,9H,4-5,16-17H2,1-3H3. The second-order valence-electron chi connectivity index (χ2n) is 6.38. The van der Waals surface area contributed by atoms with E-state index in [1.54, 1.807) is 6.07 Å². The van der Waals surface area contributed by atoms with E-state index in [0.29, 0.717) is 11.3 Å². The first-order valence-electron chi connectivity index (χ1n) is 6.33. The van der Waals surface area contributed by atoms with Crippen molar-refractivity contribution in [1.29, 1.82) is 0 Å². The van der Waals surface area contributed by atoms with Gasteiger partial charge in [0.05, 0.1) is 17.5 Å². The molecule has 1 aromatic carbocycles. The van der Waals surface area contributed by atoms with Gasteiger partial charge in [0.1, 0.15) is 5.60 Å². The molecule has 18 heavy (non-hydrogen) atoms. The Kier molecular flexibility index (Phi) is 2.08. The summed E-state index contributed by atoms with van der Waals surface area (Å²) in [6.45, 7) is 6.24. The summed E-state index contributed by atoms with van der Waals surface area (Å²) in [5, 5.41) is 0. The van der Waals surface area contributed by atoms with Crippen LogP contribution >= 0.6 is 0 Å². The number of hydrogen-bond donors (Lipinski definition) is 2. The predicted octanol–water partition coefficient (Wildman–Crippen LogP) is 3.10. The zero-order valence-corrected chi connectivity index (χ0v) is 11.0. The Labute approximate surface area is 106 Å². The summed E-state index contributed by atoms with van der Waals surface area (Å²) >= 11 is 0. The Bertz CT molecular complexity index is 536. The normalized spacial score (nSPS) is 29.7. The van der Waals surface area contributed by atoms with Crippen molar-refractivity contribution in [2.75, 3.05) is 11.5 Å². The average molecular weight is 250 g/mol. The van der Waals surface area contributed by atoms with Crippen LogP contribution < -0.4 is 11.5 Å². The summed E-state index contributed by atoms with van der Waals surface area (Å²) in [6, 6.07) is 1.78. The smallest absolute Gasteiger partial charge is 0.154 e. The summed E-state index contributed by atoms with van der Waals surface area (Å²) in [5.41, 5.74) is 12.7. The van der Waals surface area contributed by atoms with E-state index in [0.717, 1.165) is 18.4 Å². The van der Waals surface area contributed by atoms with E-state index in [9.17, 15) is 4.39 Å². The third-order valence-electron chi connectivity index (χ3n) is 4.43. The molecule has 2 unspecified atom stereocenters. The average Bonchev–Trinajstić information content (AvgIpc) is 2.82. The number of halogens is 1. The second-order valence-corrected chi connectivity index (χ2v) is 6.38. The maximum atomic E-state index is 14.5. The largest absolute Gasteiger partial charge is 0.397 e. The van der Waals surface area contributed by atoms with E-state index in [4.69, 9.17) is 16.2 Å². The van der Waals surface area contributed by atoms with Gasteiger partial charge in [-0.15, -0.1) is 0 Å². The van der Waals surface area contributed by atoms with Gasteiger partial charge in [0.2, 0.25) is 0 Å². The third kappa shape index (κ3) is 1.17. The monoisotopic (exact) mass is 250 g/mol. The minimum absolute atomic E-state index is 0.0309. The fourth-order valence-corrected chi connectivity index (χ4v) is 3.39. The molecule has 4 N–H and O–H groups in total. The second kappa shape index (κ2) is 3.18. The maximum absolute atomic E-state index is 14.5. The Balaban J connectivity index is 2.32. The number of benzene rings is 1. The molecule has 4 heteroatoms. The first-order valence-corrected chi connectivity index (χ1v) is 6.33. The van der Waals surface area contributed by atoms with Crippen molar-refractivity contribution < 1.29 is 9.13 Å². The van der Waals surface area contributed by atoms with Crippen molar-refractivity contribution in [2.24, 2.45) is 5.41 Å². The first-order chi connectivity index (χ1) is 8.28. The van der Waals surface area contributed by atoms with Gasteiger partial charge >= 0.3 is 0 Å². The van der Waals surface area contributed by atoms with Crippen molar-refractivity contribution >= 4 is 11.4 Å². The summed E-state index contributed by atoms with van der Waals surface area (Å²) in [7, 11) is 0. The lowest BCUT2D eigenvalue weighted by atomic mass is 9.67. The van der Waals surface area contributed by atoms with Crippen LogP contribution in [0.5, 0.6) is 0 Å². The van der Waals surface area contributed by atoms with Crippen LogP contribution in [-0.2, 0) is 10.3 Å². The number of fused-ring (bicyclic) bond motifs is 5. The van der Waals surface area contributed by atoms with E-state index >= 15 is 0 Å². The number of ether oxygens (including phenoxy) is 1. The van der Waals surface area contributed by atoms with Gasteiger partial charge < -0.3 is 16.2 Å². The Morgan fingerprint density at radius 1 is 1.39 bits per heavy atom. The molecule has 0 amide bonds. The quantitative estimate of drug-likeness (QED) is 0.695. The van der Waals surface area contributed by atoms with E-state index in [1.807, 2.05) is 0 Å². The summed E-state index contributed by atoms with van der Waals surface area (Å²) in [5.74, 6) is -0.387. The van der Waals surface area contributed by atoms with Crippen LogP contribution in [0, 0.1) is 11.2 Å². The lowest BCUT2D eigenvalue weighted by Gasteiger charge is -2.40. The van der Waals surface area contributed by atoms with Gasteiger partial charge in [-0.2, -0.15) is 0 Å². The first kappa shape index (κ1) is 11.8. The van der Waals surface area contributed by atoms with E-state index in [-0.39, 0.29) is 23.0 Å². The van der Waals surface area contributed by atoms with Crippen LogP contribution in [0.25, 0.3) is 0 Å². The van der Waals surface area contributed by atoms with Crippen molar-refractivity contribution in [3.05, 3.63) is 23.0 Å². The Hall–Kier alpha value is -1.29. The molecule has 0 spiro atoms. The van der Waals surface area contributed by atoms with Gasteiger partial charge in [0, 0.05) is 5.56 Å². The third-order valence-corrected chi connectivity index (χ3v) is 4.43. The van der Waals surface area contributed by atoms with Gasteiger partial charge in [-0.05, 0) is 29.9 Å². The van der Waals surface area contributed by atoms with Crippen molar-refractivity contribution in [3.63, 3.8) is 0 Å². The highest BCUT2D eigenvalue weighted by molar-refractivity contribution is 5.69. The van der Waals surface area contributed by atoms with Crippen molar-refractivity contribution in [3.8, 4) is 0 Å². The molecule has 1 fully saturated rings. The number of anilines is 2. The molecule has 0 radical (unpaired) electrons. The zero-order valence-electron chi connectivity index (χ0n) is 11.0. The molecule has 0 aliphatic carbocycles. The molecule has 0 saturated carbocycles. The minimum Gasteiger partial charge on any atom is -0.397 e. The molecule has 98 valence electrons. The van der Waals surface area contributed by atoms with Crippen LogP contribution in [0.3, 0.4) is 0 Å². The number of nitrogen functional groups attached to an aromatic ring is 2. The van der Waals surface area contributed by atoms with Crippen LogP contribution in [0.1, 0.15) is 50.8 Å². The highest BCUT2D eigenvalue weighted by Crippen LogP contribution is 2.63. The Morgan fingerprint density at radius 2 is 2.06 bits per heavy atom. The topological polar surface area (TPSA) is 61.3 Å². The van der Waals surface area contributed by atoms with E-state index in [1.165, 1.54) is 0 Å². The number of hydrogen-bond acceptors (Lipinski definition) is 3. The zero-order chi connectivity index (χ0) is 13.3. The maximum Gasteiger partial charge on any atom is 0.154 e. The van der Waals surface area contributed by atoms with Crippen LogP contribution in [0.4, 0.5) is 15.8 Å². The fraction of sp³-hybridized carbons (Fsp3) is 0.571. The lowest BCUT2D eigenvalue weighted by Crippen LogP contribution is -2.39. The fourth-order valence-electron chi connectivity index (χ4n) is 3.39. The highest BCUT2D eigenvalue weighted by atomic mass is 19.1. The van der Waals surface area contributed by atoms with Crippen LogP contribution in [0.2, 0.25) is 0 Å². The van der Waals surface area contributed by atoms with Gasteiger partial charge in [0.25, 0.3) is 0 Å². The summed E-state index contributed by atoms with van der Waals surface area (Å²) in [4.78, 5) is 0. The summed E-state index contributed by atoms with van der Waals surface area (Å²) in [6.07, 6.45) is 1.73. The molecule has 3 nitrogen and oxygen atoms in total. The molecule has 2 aliphatic heterocycles. The number of nitrogens with two attached hydrogens (primary N) is 2. The molecular weight excluding hydrogens is 231 g/mol. The van der Waals surface area contributed by atoms with Crippen LogP contribution in [-0.4, -0.2) is 0 Å². The highest BCUT2D eigenvalue weighted by Gasteiger charge is 2.58. The number of rotatable bonds is 0. The molecule has 2 aliphatic rings. The van der Waals surface area contributed by atoms with Crippen molar-refractivity contribution in [2.45, 2.75) is 45.3 Å². The summed E-state index contributed by atoms with van der Waals surface area (Å²) < 4.78 is 20.6. The van der Waals surface area contributed by atoms with E-state index in [2.05, 4.69) is 20.8 Å². The predicted molar refractivity (Wildman–Crippen MR) is 69.4 cm³/mol. The molecule has 2 heterocycles. The van der Waals surface area contributed by atoms with Gasteiger partial charge in [-0.25, -0.2) is 4.39 Å².